The van der Waals surface area contributed by atoms with Crippen LogP contribution in [-0.4, -0.2) is 106 Å². The predicted molar refractivity (Wildman–Crippen MR) is 160 cm³/mol. The summed E-state index contributed by atoms with van der Waals surface area (Å²) in [5, 5.41) is 21.4. The summed E-state index contributed by atoms with van der Waals surface area (Å²) in [7, 11) is 3.59. The number of amides is 1. The van der Waals surface area contributed by atoms with Crippen molar-refractivity contribution in [1.29, 1.82) is 0 Å². The monoisotopic (exact) mass is 607 g/mol. The molecule has 10 nitrogen and oxygen atoms in total. The van der Waals surface area contributed by atoms with Gasteiger partial charge in [-0.15, -0.1) is 0 Å². The lowest BCUT2D eigenvalue weighted by atomic mass is 10.0. The van der Waals surface area contributed by atoms with Gasteiger partial charge in [-0.3, -0.25) is 4.79 Å². The van der Waals surface area contributed by atoms with E-state index in [1.54, 1.807) is 29.0 Å². The van der Waals surface area contributed by atoms with E-state index in [9.17, 15) is 15.0 Å². The van der Waals surface area contributed by atoms with Gasteiger partial charge in [-0.1, -0.05) is 34.6 Å². The molecule has 0 spiro atoms. The van der Waals surface area contributed by atoms with Crippen LogP contribution in [0.4, 0.5) is 0 Å². The normalized spacial score (nSPS) is 12.8. The molecule has 0 saturated heterocycles. The lowest BCUT2D eigenvalue weighted by molar-refractivity contribution is -0.121. The van der Waals surface area contributed by atoms with Crippen LogP contribution in [0.15, 0.2) is 18.2 Å². The van der Waals surface area contributed by atoms with E-state index in [4.69, 9.17) is 28.4 Å². The molecule has 12 heteroatoms. The first-order valence-corrected chi connectivity index (χ1v) is 16.4. The van der Waals surface area contributed by atoms with Crippen LogP contribution >= 0.6 is 21.6 Å². The molecule has 0 aliphatic rings. The maximum Gasteiger partial charge on any atom is 0.220 e. The van der Waals surface area contributed by atoms with Crippen molar-refractivity contribution in [2.75, 3.05) is 85.5 Å². The molecular formula is C28H49NO9S2. The zero-order valence-corrected chi connectivity index (χ0v) is 26.0. The summed E-state index contributed by atoms with van der Waals surface area (Å²) in [6.45, 7) is 9.67. The van der Waals surface area contributed by atoms with Crippen molar-refractivity contribution in [2.24, 2.45) is 0 Å². The van der Waals surface area contributed by atoms with E-state index < -0.39 is 0 Å². The summed E-state index contributed by atoms with van der Waals surface area (Å²) >= 11 is 0. The maximum atomic E-state index is 12.0. The van der Waals surface area contributed by atoms with Gasteiger partial charge in [-0.25, -0.2) is 0 Å². The van der Waals surface area contributed by atoms with Crippen LogP contribution in [0.2, 0.25) is 0 Å². The van der Waals surface area contributed by atoms with Crippen LogP contribution in [0.5, 0.6) is 5.75 Å². The van der Waals surface area contributed by atoms with Crippen molar-refractivity contribution < 1.29 is 43.4 Å². The molecule has 0 heterocycles. The highest BCUT2D eigenvalue weighted by atomic mass is 33.1. The topological polar surface area (TPSA) is 125 Å². The van der Waals surface area contributed by atoms with Crippen LogP contribution in [0, 0.1) is 0 Å². The van der Waals surface area contributed by atoms with E-state index in [2.05, 4.69) is 25.4 Å². The highest BCUT2D eigenvalue weighted by Crippen LogP contribution is 2.39. The number of aliphatic hydroxyl groups excluding tert-OH is 2. The summed E-state index contributed by atoms with van der Waals surface area (Å²) < 4.78 is 33.1. The first kappa shape index (κ1) is 36.9. The number of rotatable bonds is 27. The Balaban J connectivity index is 1.83. The Hall–Kier alpha value is -1.09. The molecule has 0 radical (unpaired) electrons. The van der Waals surface area contributed by atoms with Crippen molar-refractivity contribution in [2.45, 2.75) is 51.1 Å². The van der Waals surface area contributed by atoms with Crippen molar-refractivity contribution in [1.82, 2.24) is 5.32 Å². The number of carbonyl (C=O) groups is 1. The molecule has 0 bridgehead atoms. The molecule has 0 aromatic heterocycles. The molecular weight excluding hydrogens is 558 g/mol. The summed E-state index contributed by atoms with van der Waals surface area (Å²) in [5.41, 5.74) is 1.39. The maximum absolute atomic E-state index is 12.0. The molecule has 0 fully saturated rings. The summed E-state index contributed by atoms with van der Waals surface area (Å²) in [4.78, 5) is 12.0. The molecule has 1 amide bonds. The molecule has 1 unspecified atom stereocenters. The minimum Gasteiger partial charge on any atom is -0.491 e. The largest absolute Gasteiger partial charge is 0.491 e. The van der Waals surface area contributed by atoms with Crippen molar-refractivity contribution in [3.63, 3.8) is 0 Å². The minimum absolute atomic E-state index is 0.0697. The zero-order chi connectivity index (χ0) is 29.3. The third kappa shape index (κ3) is 19.1. The molecule has 0 saturated carbocycles. The molecule has 0 aliphatic carbocycles. The Morgan fingerprint density at radius 2 is 1.27 bits per heavy atom. The van der Waals surface area contributed by atoms with E-state index in [-0.39, 0.29) is 23.9 Å². The number of hydrogen-bond donors (Lipinski definition) is 3. The first-order valence-electron chi connectivity index (χ1n) is 13.8. The van der Waals surface area contributed by atoms with Crippen LogP contribution < -0.4 is 10.1 Å². The molecule has 1 atom stereocenters. The van der Waals surface area contributed by atoms with Gasteiger partial charge in [-0.2, -0.15) is 0 Å². The Labute approximate surface area is 247 Å². The van der Waals surface area contributed by atoms with Gasteiger partial charge in [0.1, 0.15) is 12.4 Å². The van der Waals surface area contributed by atoms with E-state index in [0.29, 0.717) is 103 Å². The van der Waals surface area contributed by atoms with Crippen LogP contribution in [0.25, 0.3) is 0 Å². The number of aliphatic hydroxyl groups is 2. The van der Waals surface area contributed by atoms with Gasteiger partial charge in [0.2, 0.25) is 5.91 Å². The molecule has 40 heavy (non-hydrogen) atoms. The van der Waals surface area contributed by atoms with Gasteiger partial charge >= 0.3 is 0 Å². The van der Waals surface area contributed by atoms with Gasteiger partial charge in [-0.05, 0) is 49.3 Å². The second kappa shape index (κ2) is 24.5. The predicted octanol–water partition coefficient (Wildman–Crippen LogP) is 3.21. The smallest absolute Gasteiger partial charge is 0.220 e. The Morgan fingerprint density at radius 1 is 0.800 bits per heavy atom. The Bertz CT molecular complexity index is 753. The molecule has 3 N–H and O–H groups in total. The number of ether oxygens (including phenoxy) is 6. The molecule has 1 rings (SSSR count). The second-order valence-electron chi connectivity index (χ2n) is 9.12. The Morgan fingerprint density at radius 3 is 1.73 bits per heavy atom. The number of hydrogen-bond acceptors (Lipinski definition) is 11. The highest BCUT2D eigenvalue weighted by molar-refractivity contribution is 8.76. The van der Waals surface area contributed by atoms with E-state index in [0.717, 1.165) is 12.8 Å². The van der Waals surface area contributed by atoms with Crippen molar-refractivity contribution in [3.8, 4) is 5.75 Å². The number of carbonyl (C=O) groups excluding carboxylic acids is 1. The highest BCUT2D eigenvalue weighted by Gasteiger charge is 2.23. The average Bonchev–Trinajstić information content (AvgIpc) is 2.97. The third-order valence-electron chi connectivity index (χ3n) is 5.86. The van der Waals surface area contributed by atoms with Crippen LogP contribution in [0.3, 0.4) is 0 Å². The first-order chi connectivity index (χ1) is 19.5. The van der Waals surface area contributed by atoms with Crippen LogP contribution in [0.1, 0.15) is 44.2 Å². The summed E-state index contributed by atoms with van der Waals surface area (Å²) in [6.07, 6.45) is 4.51. The lowest BCUT2D eigenvalue weighted by Gasteiger charge is -2.25. The van der Waals surface area contributed by atoms with E-state index >= 15 is 0 Å². The van der Waals surface area contributed by atoms with Crippen molar-refractivity contribution in [3.05, 3.63) is 29.3 Å². The average molecular weight is 608 g/mol. The summed E-state index contributed by atoms with van der Waals surface area (Å²) in [5.74, 6) is 0.664. The molecule has 232 valence electrons. The SMILES string of the molecule is CCC(C)(CCC(=O)NCCOCCOCCOCCOCCOCCOc1cc(CO)cc(CO)c1)SSC. The minimum atomic E-state index is -0.107. The van der Waals surface area contributed by atoms with Gasteiger partial charge in [0.25, 0.3) is 0 Å². The number of nitrogens with one attached hydrogen (secondary N) is 1. The quantitative estimate of drug-likeness (QED) is 0.101. The van der Waals surface area contributed by atoms with Gasteiger partial charge in [0.05, 0.1) is 79.3 Å². The number of benzene rings is 1. The third-order valence-corrected chi connectivity index (χ3v) is 8.63. The zero-order valence-electron chi connectivity index (χ0n) is 24.3. The van der Waals surface area contributed by atoms with Crippen molar-refractivity contribution >= 4 is 27.5 Å². The molecule has 0 aliphatic heterocycles. The molecule has 1 aromatic carbocycles. The van der Waals surface area contributed by atoms with Gasteiger partial charge in [0, 0.05) is 17.7 Å². The fraction of sp³-hybridized carbons (Fsp3) is 0.750. The second-order valence-corrected chi connectivity index (χ2v) is 12.1. The molecule has 1 aromatic rings. The standard InChI is InChI=1S/C28H49NO9S2/c1-4-28(2,40-39-3)6-5-27(32)29-7-8-33-9-10-34-11-12-35-13-14-36-15-16-37-17-18-38-26-20-24(22-30)19-25(21-26)23-31/h19-21,30-31H,4-18,22-23H2,1-3H3,(H,29,32). The van der Waals surface area contributed by atoms with E-state index in [1.165, 1.54) is 0 Å². The van der Waals surface area contributed by atoms with Crippen LogP contribution in [-0.2, 0) is 41.7 Å². The lowest BCUT2D eigenvalue weighted by Crippen LogP contribution is -2.29. The van der Waals surface area contributed by atoms with E-state index in [1.807, 2.05) is 10.8 Å². The van der Waals surface area contributed by atoms with Gasteiger partial charge < -0.3 is 44.0 Å². The summed E-state index contributed by atoms with van der Waals surface area (Å²) in [6, 6.07) is 5.21. The Kier molecular flexibility index (Phi) is 22.6. The fourth-order valence-electron chi connectivity index (χ4n) is 3.40. The fourth-order valence-corrected chi connectivity index (χ4v) is 5.92. The van der Waals surface area contributed by atoms with Gasteiger partial charge in [0.15, 0.2) is 0 Å².